The van der Waals surface area contributed by atoms with E-state index in [-0.39, 0.29) is 5.56 Å². The number of benzene rings is 2. The van der Waals surface area contributed by atoms with Crippen LogP contribution in [0.1, 0.15) is 11.4 Å². The van der Waals surface area contributed by atoms with Gasteiger partial charge in [-0.15, -0.1) is 0 Å². The molecule has 0 fully saturated rings. The van der Waals surface area contributed by atoms with Crippen LogP contribution in [-0.4, -0.2) is 30.3 Å². The van der Waals surface area contributed by atoms with E-state index in [1.165, 1.54) is 7.11 Å². The monoisotopic (exact) mass is 340 g/mol. The smallest absolute Gasteiger partial charge is 0.262 e. The number of ether oxygens (including phenoxy) is 3. The summed E-state index contributed by atoms with van der Waals surface area (Å²) in [5.41, 5.74) is 1.44. The third-order valence-corrected chi connectivity index (χ3v) is 3.69. The third kappa shape index (κ3) is 4.16. The van der Waals surface area contributed by atoms with E-state index in [1.54, 1.807) is 19.1 Å². The summed E-state index contributed by atoms with van der Waals surface area (Å²) in [4.78, 5) is 19.1. The number of hydrogen-bond donors (Lipinski definition) is 1. The minimum absolute atomic E-state index is 0.225. The van der Waals surface area contributed by atoms with Gasteiger partial charge in [-0.25, -0.2) is 4.98 Å². The molecule has 0 aliphatic rings. The first-order chi connectivity index (χ1) is 12.2. The summed E-state index contributed by atoms with van der Waals surface area (Å²) in [7, 11) is 1.51. The molecule has 0 aliphatic carbocycles. The van der Waals surface area contributed by atoms with Gasteiger partial charge in [-0.3, -0.25) is 4.79 Å². The molecule has 3 rings (SSSR count). The number of H-pyrrole nitrogens is 1. The van der Waals surface area contributed by atoms with Crippen molar-refractivity contribution in [1.29, 1.82) is 0 Å². The fourth-order valence-electron chi connectivity index (χ4n) is 2.56. The first kappa shape index (κ1) is 17.0. The Balaban J connectivity index is 1.64. The molecule has 0 radical (unpaired) electrons. The molecule has 0 saturated heterocycles. The Morgan fingerprint density at radius 1 is 1.12 bits per heavy atom. The molecule has 0 unspecified atom stereocenters. The minimum Gasteiger partial charge on any atom is -0.496 e. The predicted octanol–water partition coefficient (Wildman–Crippen LogP) is 2.84. The van der Waals surface area contributed by atoms with Gasteiger partial charge in [0.1, 0.15) is 29.3 Å². The summed E-state index contributed by atoms with van der Waals surface area (Å²) in [6.45, 7) is 3.13. The molecule has 1 heterocycles. The Morgan fingerprint density at radius 2 is 1.92 bits per heavy atom. The van der Waals surface area contributed by atoms with Gasteiger partial charge in [0.25, 0.3) is 5.56 Å². The van der Waals surface area contributed by atoms with Crippen LogP contribution in [0, 0.1) is 6.92 Å². The lowest BCUT2D eigenvalue weighted by atomic mass is 10.2. The Bertz CT molecular complexity index is 906. The maximum atomic E-state index is 12.1. The summed E-state index contributed by atoms with van der Waals surface area (Å²) in [6, 6.07) is 13.4. The Labute approximate surface area is 145 Å². The molecule has 0 saturated carbocycles. The molecule has 0 amide bonds. The van der Waals surface area contributed by atoms with Crippen LogP contribution < -0.4 is 15.0 Å². The van der Waals surface area contributed by atoms with Gasteiger partial charge in [-0.1, -0.05) is 30.3 Å². The van der Waals surface area contributed by atoms with Crippen LogP contribution in [-0.2, 0) is 11.3 Å². The van der Waals surface area contributed by atoms with Crippen molar-refractivity contribution in [2.24, 2.45) is 0 Å². The molecule has 3 aromatic rings. The van der Waals surface area contributed by atoms with Gasteiger partial charge in [-0.05, 0) is 12.5 Å². The molecule has 130 valence electrons. The maximum Gasteiger partial charge on any atom is 0.262 e. The highest BCUT2D eigenvalue weighted by molar-refractivity contribution is 5.85. The van der Waals surface area contributed by atoms with Crippen LogP contribution in [0.15, 0.2) is 47.3 Å². The molecular formula is C19H20N2O4. The van der Waals surface area contributed by atoms with Crippen LogP contribution in [0.5, 0.6) is 11.5 Å². The van der Waals surface area contributed by atoms with Gasteiger partial charge in [-0.2, -0.15) is 0 Å². The zero-order valence-electron chi connectivity index (χ0n) is 14.2. The second kappa shape index (κ2) is 7.81. The van der Waals surface area contributed by atoms with E-state index < -0.39 is 0 Å². The Kier molecular flexibility index (Phi) is 5.30. The second-order valence-corrected chi connectivity index (χ2v) is 5.56. The van der Waals surface area contributed by atoms with Crippen LogP contribution in [0.2, 0.25) is 0 Å². The standard InChI is InChI=1S/C19H20N2O4/c1-13-20-16-10-15(11-17(23-2)18(16)19(22)21-13)25-9-8-24-12-14-6-4-3-5-7-14/h3-7,10-11H,8-9,12H2,1-2H3,(H,20,21,22). The van der Waals surface area contributed by atoms with Crippen molar-refractivity contribution in [3.63, 3.8) is 0 Å². The van der Waals surface area contributed by atoms with Crippen molar-refractivity contribution in [1.82, 2.24) is 9.97 Å². The highest BCUT2D eigenvalue weighted by Gasteiger charge is 2.11. The number of aromatic amines is 1. The minimum atomic E-state index is -0.225. The van der Waals surface area contributed by atoms with E-state index >= 15 is 0 Å². The van der Waals surface area contributed by atoms with Gasteiger partial charge in [0.2, 0.25) is 0 Å². The molecule has 25 heavy (non-hydrogen) atoms. The van der Waals surface area contributed by atoms with E-state index in [1.807, 2.05) is 30.3 Å². The number of hydrogen-bond acceptors (Lipinski definition) is 5. The number of rotatable bonds is 7. The topological polar surface area (TPSA) is 73.4 Å². The number of aromatic nitrogens is 2. The fourth-order valence-corrected chi connectivity index (χ4v) is 2.56. The second-order valence-electron chi connectivity index (χ2n) is 5.56. The van der Waals surface area contributed by atoms with Crippen LogP contribution >= 0.6 is 0 Å². The van der Waals surface area contributed by atoms with Crippen LogP contribution in [0.4, 0.5) is 0 Å². The lowest BCUT2D eigenvalue weighted by molar-refractivity contribution is 0.0889. The highest BCUT2D eigenvalue weighted by Crippen LogP contribution is 2.27. The molecule has 0 atom stereocenters. The van der Waals surface area contributed by atoms with Crippen LogP contribution in [0.3, 0.4) is 0 Å². The van der Waals surface area contributed by atoms with Crippen molar-refractivity contribution >= 4 is 10.9 Å². The summed E-state index contributed by atoms with van der Waals surface area (Å²) in [6.07, 6.45) is 0. The normalized spacial score (nSPS) is 10.8. The first-order valence-electron chi connectivity index (χ1n) is 8.00. The van der Waals surface area contributed by atoms with Gasteiger partial charge >= 0.3 is 0 Å². The summed E-state index contributed by atoms with van der Waals surface area (Å²) in [5, 5.41) is 0.417. The first-order valence-corrected chi connectivity index (χ1v) is 8.00. The van der Waals surface area contributed by atoms with E-state index in [0.29, 0.717) is 48.0 Å². The highest BCUT2D eigenvalue weighted by atomic mass is 16.5. The van der Waals surface area contributed by atoms with E-state index in [4.69, 9.17) is 14.2 Å². The lowest BCUT2D eigenvalue weighted by Crippen LogP contribution is -2.12. The third-order valence-electron chi connectivity index (χ3n) is 3.69. The van der Waals surface area contributed by atoms with Crippen molar-refractivity contribution in [3.05, 3.63) is 64.2 Å². The molecule has 6 nitrogen and oxygen atoms in total. The number of nitrogens with one attached hydrogen (secondary N) is 1. The summed E-state index contributed by atoms with van der Waals surface area (Å²) in [5.74, 6) is 1.57. The number of aryl methyl sites for hydroxylation is 1. The zero-order chi connectivity index (χ0) is 17.6. The van der Waals surface area contributed by atoms with Crippen molar-refractivity contribution < 1.29 is 14.2 Å². The molecule has 6 heteroatoms. The van der Waals surface area contributed by atoms with Crippen LogP contribution in [0.25, 0.3) is 10.9 Å². The molecular weight excluding hydrogens is 320 g/mol. The quantitative estimate of drug-likeness (QED) is 0.670. The molecule has 1 aromatic heterocycles. The molecule has 0 bridgehead atoms. The lowest BCUT2D eigenvalue weighted by Gasteiger charge is -2.11. The van der Waals surface area contributed by atoms with Gasteiger partial charge in [0.15, 0.2) is 0 Å². The fraction of sp³-hybridized carbons (Fsp3) is 0.263. The number of methoxy groups -OCH3 is 1. The zero-order valence-corrected chi connectivity index (χ0v) is 14.2. The summed E-state index contributed by atoms with van der Waals surface area (Å²) < 4.78 is 16.6. The number of fused-ring (bicyclic) bond motifs is 1. The molecule has 2 aromatic carbocycles. The largest absolute Gasteiger partial charge is 0.496 e. The van der Waals surface area contributed by atoms with Crippen molar-refractivity contribution in [2.45, 2.75) is 13.5 Å². The van der Waals surface area contributed by atoms with E-state index in [2.05, 4.69) is 9.97 Å². The average molecular weight is 340 g/mol. The maximum absolute atomic E-state index is 12.1. The van der Waals surface area contributed by atoms with Gasteiger partial charge in [0.05, 0.1) is 25.8 Å². The predicted molar refractivity (Wildman–Crippen MR) is 95.2 cm³/mol. The van der Waals surface area contributed by atoms with Gasteiger partial charge < -0.3 is 19.2 Å². The van der Waals surface area contributed by atoms with Crippen molar-refractivity contribution in [2.75, 3.05) is 20.3 Å². The Morgan fingerprint density at radius 3 is 2.68 bits per heavy atom. The van der Waals surface area contributed by atoms with Gasteiger partial charge in [0, 0.05) is 12.1 Å². The Hall–Kier alpha value is -2.86. The summed E-state index contributed by atoms with van der Waals surface area (Å²) >= 11 is 0. The average Bonchev–Trinajstić information content (AvgIpc) is 2.61. The van der Waals surface area contributed by atoms with E-state index in [9.17, 15) is 4.79 Å². The number of nitrogens with zero attached hydrogens (tertiary/aromatic N) is 1. The van der Waals surface area contributed by atoms with Crippen molar-refractivity contribution in [3.8, 4) is 11.5 Å². The van der Waals surface area contributed by atoms with E-state index in [0.717, 1.165) is 5.56 Å². The molecule has 0 aliphatic heterocycles. The molecule has 1 N–H and O–H groups in total. The SMILES string of the molecule is COc1cc(OCCOCc2ccccc2)cc2nc(C)[nH]c(=O)c12. The molecule has 0 spiro atoms.